The minimum absolute atomic E-state index is 0.123. The monoisotopic (exact) mass is 366 g/mol. The van der Waals surface area contributed by atoms with Crippen LogP contribution in [0.3, 0.4) is 0 Å². The second-order valence-electron chi connectivity index (χ2n) is 5.70. The molecule has 0 saturated carbocycles. The highest BCUT2D eigenvalue weighted by Gasteiger charge is 2.15. The molecule has 0 bridgehead atoms. The summed E-state index contributed by atoms with van der Waals surface area (Å²) in [6.07, 6.45) is 0. The van der Waals surface area contributed by atoms with Crippen molar-refractivity contribution in [3.05, 3.63) is 59.1 Å². The van der Waals surface area contributed by atoms with Crippen molar-refractivity contribution in [2.24, 2.45) is 5.92 Å². The van der Waals surface area contributed by atoms with Crippen molar-refractivity contribution < 1.29 is 13.2 Å². The van der Waals surface area contributed by atoms with E-state index in [-0.39, 0.29) is 16.7 Å². The van der Waals surface area contributed by atoms with E-state index in [9.17, 15) is 13.2 Å². The lowest BCUT2D eigenvalue weighted by atomic mass is 10.2. The average Bonchev–Trinajstić information content (AvgIpc) is 2.55. The van der Waals surface area contributed by atoms with E-state index in [0.717, 1.165) is 0 Å². The van der Waals surface area contributed by atoms with Crippen molar-refractivity contribution >= 4 is 33.2 Å². The van der Waals surface area contributed by atoms with Gasteiger partial charge in [0.25, 0.3) is 5.91 Å². The van der Waals surface area contributed by atoms with Crippen LogP contribution in [0.4, 0.5) is 5.69 Å². The molecular weight excluding hydrogens is 348 g/mol. The van der Waals surface area contributed by atoms with Crippen molar-refractivity contribution in [2.45, 2.75) is 18.7 Å². The molecule has 7 heteroatoms. The topological polar surface area (TPSA) is 75.3 Å². The largest absolute Gasteiger partial charge is 0.321 e. The molecule has 0 fully saturated rings. The maximum atomic E-state index is 12.2. The van der Waals surface area contributed by atoms with Crippen LogP contribution in [0.5, 0.6) is 0 Å². The number of anilines is 1. The van der Waals surface area contributed by atoms with Crippen molar-refractivity contribution in [1.82, 2.24) is 4.72 Å². The van der Waals surface area contributed by atoms with Gasteiger partial charge in [0, 0.05) is 12.1 Å². The second kappa shape index (κ2) is 7.79. The molecule has 0 radical (unpaired) electrons. The summed E-state index contributed by atoms with van der Waals surface area (Å²) in [5.41, 5.74) is 0.845. The van der Waals surface area contributed by atoms with E-state index in [1.165, 1.54) is 24.3 Å². The van der Waals surface area contributed by atoms with Gasteiger partial charge in [-0.25, -0.2) is 13.1 Å². The van der Waals surface area contributed by atoms with Crippen molar-refractivity contribution in [3.63, 3.8) is 0 Å². The minimum Gasteiger partial charge on any atom is -0.321 e. The highest BCUT2D eigenvalue weighted by Crippen LogP contribution is 2.21. The van der Waals surface area contributed by atoms with Crippen LogP contribution in [-0.2, 0) is 10.0 Å². The molecule has 0 heterocycles. The number of hydrogen-bond acceptors (Lipinski definition) is 3. The molecule has 2 aromatic carbocycles. The third-order valence-electron chi connectivity index (χ3n) is 3.23. The zero-order valence-corrected chi connectivity index (χ0v) is 15.0. The van der Waals surface area contributed by atoms with Gasteiger partial charge in [-0.05, 0) is 42.3 Å². The molecular formula is C17H19ClN2O3S. The Balaban J connectivity index is 2.11. The van der Waals surface area contributed by atoms with Gasteiger partial charge in [-0.3, -0.25) is 4.79 Å². The smallest absolute Gasteiger partial charge is 0.255 e. The number of sulfonamides is 1. The molecule has 5 nitrogen and oxygen atoms in total. The van der Waals surface area contributed by atoms with E-state index < -0.39 is 10.0 Å². The Morgan fingerprint density at radius 1 is 1.08 bits per heavy atom. The van der Waals surface area contributed by atoms with Gasteiger partial charge in [-0.15, -0.1) is 0 Å². The van der Waals surface area contributed by atoms with Crippen LogP contribution in [0.15, 0.2) is 53.4 Å². The van der Waals surface area contributed by atoms with Gasteiger partial charge in [-0.1, -0.05) is 37.6 Å². The number of para-hydroxylation sites is 1. The Bertz CT molecular complexity index is 818. The predicted molar refractivity (Wildman–Crippen MR) is 95.9 cm³/mol. The molecule has 128 valence electrons. The molecule has 0 aromatic heterocycles. The standard InChI is InChI=1S/C17H19ClN2O3S/c1-12(2)11-19-24(22,23)14-9-7-13(8-10-14)17(21)20-16-6-4-3-5-15(16)18/h3-10,12,19H,11H2,1-2H3,(H,20,21). The molecule has 0 aliphatic heterocycles. The van der Waals surface area contributed by atoms with E-state index in [1.807, 2.05) is 13.8 Å². The maximum Gasteiger partial charge on any atom is 0.255 e. The van der Waals surface area contributed by atoms with Crippen LogP contribution in [-0.4, -0.2) is 20.9 Å². The minimum atomic E-state index is -3.57. The SMILES string of the molecule is CC(C)CNS(=O)(=O)c1ccc(C(=O)Nc2ccccc2Cl)cc1. The van der Waals surface area contributed by atoms with Gasteiger partial charge >= 0.3 is 0 Å². The first-order valence-corrected chi connectivity index (χ1v) is 9.31. The molecule has 0 atom stereocenters. The van der Waals surface area contributed by atoms with Crippen LogP contribution >= 0.6 is 11.6 Å². The lowest BCUT2D eigenvalue weighted by molar-refractivity contribution is 0.102. The summed E-state index contributed by atoms with van der Waals surface area (Å²) >= 11 is 6.00. The molecule has 0 aliphatic carbocycles. The van der Waals surface area contributed by atoms with Crippen molar-refractivity contribution in [1.29, 1.82) is 0 Å². The summed E-state index contributed by atoms with van der Waals surface area (Å²) in [4.78, 5) is 12.3. The van der Waals surface area contributed by atoms with Gasteiger partial charge in [0.1, 0.15) is 0 Å². The van der Waals surface area contributed by atoms with Crippen LogP contribution in [0, 0.1) is 5.92 Å². The number of halogens is 1. The highest BCUT2D eigenvalue weighted by atomic mass is 35.5. The molecule has 1 amide bonds. The van der Waals surface area contributed by atoms with E-state index in [1.54, 1.807) is 24.3 Å². The molecule has 2 N–H and O–H groups in total. The predicted octanol–water partition coefficient (Wildman–Crippen LogP) is 3.53. The summed E-state index contributed by atoms with van der Waals surface area (Å²) in [5, 5.41) is 3.12. The summed E-state index contributed by atoms with van der Waals surface area (Å²) in [7, 11) is -3.57. The summed E-state index contributed by atoms with van der Waals surface area (Å²) in [6.45, 7) is 4.20. The zero-order valence-electron chi connectivity index (χ0n) is 13.4. The number of nitrogens with one attached hydrogen (secondary N) is 2. The van der Waals surface area contributed by atoms with E-state index >= 15 is 0 Å². The Morgan fingerprint density at radius 2 is 1.71 bits per heavy atom. The summed E-state index contributed by atoms with van der Waals surface area (Å²) in [5.74, 6) is -0.150. The van der Waals surface area contributed by atoms with Gasteiger partial charge in [0.2, 0.25) is 10.0 Å². The number of rotatable bonds is 6. The number of carbonyl (C=O) groups excluding carboxylic acids is 1. The third kappa shape index (κ3) is 4.80. The zero-order chi connectivity index (χ0) is 17.7. The molecule has 0 unspecified atom stereocenters. The average molecular weight is 367 g/mol. The van der Waals surface area contributed by atoms with Gasteiger partial charge in [0.15, 0.2) is 0 Å². The molecule has 0 aliphatic rings. The molecule has 2 rings (SSSR count). The van der Waals surface area contributed by atoms with Crippen molar-refractivity contribution in [2.75, 3.05) is 11.9 Å². The van der Waals surface area contributed by atoms with Crippen LogP contribution in [0.25, 0.3) is 0 Å². The lowest BCUT2D eigenvalue weighted by Gasteiger charge is -2.10. The lowest BCUT2D eigenvalue weighted by Crippen LogP contribution is -2.27. The van der Waals surface area contributed by atoms with Gasteiger partial charge in [-0.2, -0.15) is 0 Å². The number of hydrogen-bond donors (Lipinski definition) is 2. The van der Waals surface area contributed by atoms with E-state index in [2.05, 4.69) is 10.0 Å². The normalized spacial score (nSPS) is 11.5. The van der Waals surface area contributed by atoms with Gasteiger partial charge in [0.05, 0.1) is 15.6 Å². The number of benzene rings is 2. The van der Waals surface area contributed by atoms with Crippen LogP contribution < -0.4 is 10.0 Å². The molecule has 2 aromatic rings. The first-order valence-electron chi connectivity index (χ1n) is 7.45. The van der Waals surface area contributed by atoms with Crippen LogP contribution in [0.2, 0.25) is 5.02 Å². The molecule has 0 saturated heterocycles. The fraction of sp³-hybridized carbons (Fsp3) is 0.235. The summed E-state index contributed by atoms with van der Waals surface area (Å²) in [6, 6.07) is 12.6. The Hall–Kier alpha value is -1.89. The number of carbonyl (C=O) groups is 1. The van der Waals surface area contributed by atoms with Crippen LogP contribution in [0.1, 0.15) is 24.2 Å². The molecule has 24 heavy (non-hydrogen) atoms. The first kappa shape index (κ1) is 18.4. The highest BCUT2D eigenvalue weighted by molar-refractivity contribution is 7.89. The molecule has 0 spiro atoms. The maximum absolute atomic E-state index is 12.2. The van der Waals surface area contributed by atoms with Crippen molar-refractivity contribution in [3.8, 4) is 0 Å². The Morgan fingerprint density at radius 3 is 2.29 bits per heavy atom. The summed E-state index contributed by atoms with van der Waals surface area (Å²) < 4.78 is 26.8. The number of amides is 1. The van der Waals surface area contributed by atoms with E-state index in [4.69, 9.17) is 11.6 Å². The fourth-order valence-electron chi connectivity index (χ4n) is 1.90. The van der Waals surface area contributed by atoms with Gasteiger partial charge < -0.3 is 5.32 Å². The first-order chi connectivity index (χ1) is 11.3. The second-order valence-corrected chi connectivity index (χ2v) is 7.88. The Kier molecular flexibility index (Phi) is 5.99. The Labute approximate surface area is 147 Å². The third-order valence-corrected chi connectivity index (χ3v) is 5.00. The van der Waals surface area contributed by atoms with E-state index in [0.29, 0.717) is 22.8 Å². The fourth-order valence-corrected chi connectivity index (χ4v) is 3.30. The quantitative estimate of drug-likeness (QED) is 0.821.